The zero-order valence-corrected chi connectivity index (χ0v) is 18.0. The maximum absolute atomic E-state index is 12.9. The van der Waals surface area contributed by atoms with E-state index in [4.69, 9.17) is 4.98 Å². The van der Waals surface area contributed by atoms with Crippen LogP contribution in [-0.2, 0) is 22.6 Å². The molecule has 6 heteroatoms. The van der Waals surface area contributed by atoms with Crippen LogP contribution in [0.5, 0.6) is 0 Å². The van der Waals surface area contributed by atoms with Crippen molar-refractivity contribution in [1.29, 1.82) is 0 Å². The zero-order valence-electron chi connectivity index (χ0n) is 18.0. The standard InChI is InChI=1S/C25H28N4O2/c1-2-18-9-11-20(12-10-18)28-16-19(15-23(28)30)25-26-21-7-3-4-8-22(21)29(25)17-24(31)27-13-5-6-14-27/h3-4,7-12,19H,2,5-6,13-17H2,1H3/t19-/m0/s1. The molecule has 2 amide bonds. The van der Waals surface area contributed by atoms with Gasteiger partial charge in [0.15, 0.2) is 0 Å². The van der Waals surface area contributed by atoms with Gasteiger partial charge in [-0.25, -0.2) is 4.98 Å². The highest BCUT2D eigenvalue weighted by Crippen LogP contribution is 2.33. The van der Waals surface area contributed by atoms with Gasteiger partial charge in [-0.1, -0.05) is 31.2 Å². The SMILES string of the molecule is CCc1ccc(N2C[C@@H](c3nc4ccccc4n3CC(=O)N3CCCC3)CC2=O)cc1. The minimum atomic E-state index is -0.0304. The van der Waals surface area contributed by atoms with Gasteiger partial charge in [0, 0.05) is 37.7 Å². The Hall–Kier alpha value is -3.15. The zero-order chi connectivity index (χ0) is 21.4. The van der Waals surface area contributed by atoms with Crippen LogP contribution in [0.2, 0.25) is 0 Å². The summed E-state index contributed by atoms with van der Waals surface area (Å²) in [5, 5.41) is 0. The van der Waals surface area contributed by atoms with E-state index in [9.17, 15) is 9.59 Å². The minimum Gasteiger partial charge on any atom is -0.341 e. The van der Waals surface area contributed by atoms with Gasteiger partial charge >= 0.3 is 0 Å². The number of carbonyl (C=O) groups excluding carboxylic acids is 2. The van der Waals surface area contributed by atoms with E-state index in [1.54, 1.807) is 0 Å². The number of likely N-dealkylation sites (tertiary alicyclic amines) is 1. The van der Waals surface area contributed by atoms with Crippen LogP contribution in [0.15, 0.2) is 48.5 Å². The molecule has 0 bridgehead atoms. The van der Waals surface area contributed by atoms with Crippen molar-refractivity contribution in [3.63, 3.8) is 0 Å². The number of aryl methyl sites for hydroxylation is 1. The number of hydrogen-bond acceptors (Lipinski definition) is 3. The molecule has 0 N–H and O–H groups in total. The van der Waals surface area contributed by atoms with Gasteiger partial charge in [0.05, 0.1) is 11.0 Å². The molecule has 2 aliphatic heterocycles. The highest BCUT2D eigenvalue weighted by Gasteiger charge is 2.35. The summed E-state index contributed by atoms with van der Waals surface area (Å²) < 4.78 is 2.04. The first-order chi connectivity index (χ1) is 15.1. The van der Waals surface area contributed by atoms with Crippen LogP contribution in [0, 0.1) is 0 Å². The minimum absolute atomic E-state index is 0.0304. The smallest absolute Gasteiger partial charge is 0.242 e. The third-order valence-corrected chi connectivity index (χ3v) is 6.58. The summed E-state index contributed by atoms with van der Waals surface area (Å²) in [5.41, 5.74) is 4.03. The third kappa shape index (κ3) is 3.71. The van der Waals surface area contributed by atoms with Crippen molar-refractivity contribution >= 4 is 28.5 Å². The van der Waals surface area contributed by atoms with Crippen LogP contribution in [-0.4, -0.2) is 45.9 Å². The summed E-state index contributed by atoms with van der Waals surface area (Å²) >= 11 is 0. The molecule has 2 saturated heterocycles. The summed E-state index contributed by atoms with van der Waals surface area (Å²) in [4.78, 5) is 34.5. The molecule has 3 heterocycles. The fraction of sp³-hybridized carbons (Fsp3) is 0.400. The summed E-state index contributed by atoms with van der Waals surface area (Å²) in [6.45, 7) is 4.67. The fourth-order valence-corrected chi connectivity index (χ4v) is 4.82. The van der Waals surface area contributed by atoms with Crippen molar-refractivity contribution in [2.24, 2.45) is 0 Å². The predicted octanol–water partition coefficient (Wildman–Crippen LogP) is 3.74. The second-order valence-corrected chi connectivity index (χ2v) is 8.56. The summed E-state index contributed by atoms with van der Waals surface area (Å²) in [7, 11) is 0. The summed E-state index contributed by atoms with van der Waals surface area (Å²) in [6, 6.07) is 16.2. The Kier molecular flexibility index (Phi) is 5.22. The molecule has 6 nitrogen and oxygen atoms in total. The lowest BCUT2D eigenvalue weighted by Crippen LogP contribution is -2.32. The first kappa shape index (κ1) is 19.8. The number of nitrogens with zero attached hydrogens (tertiary/aromatic N) is 4. The number of hydrogen-bond donors (Lipinski definition) is 0. The lowest BCUT2D eigenvalue weighted by atomic mass is 10.1. The van der Waals surface area contributed by atoms with Crippen molar-refractivity contribution in [3.05, 3.63) is 59.9 Å². The van der Waals surface area contributed by atoms with Gasteiger partial charge in [-0.3, -0.25) is 9.59 Å². The first-order valence-electron chi connectivity index (χ1n) is 11.3. The third-order valence-electron chi connectivity index (χ3n) is 6.58. The fourth-order valence-electron chi connectivity index (χ4n) is 4.82. The highest BCUT2D eigenvalue weighted by molar-refractivity contribution is 5.96. The van der Waals surface area contributed by atoms with Crippen LogP contribution in [0.3, 0.4) is 0 Å². The van der Waals surface area contributed by atoms with E-state index >= 15 is 0 Å². The number of para-hydroxylation sites is 2. The second kappa shape index (κ2) is 8.17. The largest absolute Gasteiger partial charge is 0.341 e. The number of benzene rings is 2. The Balaban J connectivity index is 1.45. The molecule has 0 unspecified atom stereocenters. The Labute approximate surface area is 182 Å². The molecule has 31 heavy (non-hydrogen) atoms. The highest BCUT2D eigenvalue weighted by atomic mass is 16.2. The van der Waals surface area contributed by atoms with Gasteiger partial charge in [-0.15, -0.1) is 0 Å². The van der Waals surface area contributed by atoms with E-state index in [-0.39, 0.29) is 24.3 Å². The van der Waals surface area contributed by atoms with E-state index in [2.05, 4.69) is 19.1 Å². The van der Waals surface area contributed by atoms with Crippen LogP contribution in [0.25, 0.3) is 11.0 Å². The normalized spacial score (nSPS) is 19.0. The topological polar surface area (TPSA) is 58.4 Å². The molecular formula is C25H28N4O2. The van der Waals surface area contributed by atoms with Crippen molar-refractivity contribution in [2.75, 3.05) is 24.5 Å². The Bertz CT molecular complexity index is 1110. The molecule has 2 fully saturated rings. The number of amides is 2. The Morgan fingerprint density at radius 3 is 2.55 bits per heavy atom. The molecule has 160 valence electrons. The summed E-state index contributed by atoms with van der Waals surface area (Å²) in [6.07, 6.45) is 3.54. The average Bonchev–Trinajstić information content (AvgIpc) is 3.53. The van der Waals surface area contributed by atoms with Crippen molar-refractivity contribution in [2.45, 2.75) is 45.1 Å². The maximum Gasteiger partial charge on any atom is 0.242 e. The van der Waals surface area contributed by atoms with Crippen molar-refractivity contribution in [3.8, 4) is 0 Å². The van der Waals surface area contributed by atoms with Gasteiger partial charge in [-0.05, 0) is 49.1 Å². The van der Waals surface area contributed by atoms with Gasteiger partial charge in [0.1, 0.15) is 12.4 Å². The average molecular weight is 417 g/mol. The molecule has 3 aromatic rings. The van der Waals surface area contributed by atoms with Crippen LogP contribution < -0.4 is 4.90 Å². The molecule has 1 aromatic heterocycles. The number of imidazole rings is 1. The number of rotatable bonds is 5. The van der Waals surface area contributed by atoms with E-state index in [0.29, 0.717) is 13.0 Å². The van der Waals surface area contributed by atoms with Crippen LogP contribution in [0.1, 0.15) is 43.5 Å². The van der Waals surface area contributed by atoms with E-state index in [0.717, 1.165) is 54.9 Å². The van der Waals surface area contributed by atoms with Crippen molar-refractivity contribution in [1.82, 2.24) is 14.5 Å². The molecule has 0 saturated carbocycles. The molecule has 2 aromatic carbocycles. The monoisotopic (exact) mass is 416 g/mol. The molecule has 5 rings (SSSR count). The Morgan fingerprint density at radius 2 is 1.81 bits per heavy atom. The molecule has 0 spiro atoms. The molecule has 1 atom stereocenters. The van der Waals surface area contributed by atoms with Gasteiger partial charge in [0.25, 0.3) is 0 Å². The molecular weight excluding hydrogens is 388 g/mol. The number of fused-ring (bicyclic) bond motifs is 1. The molecule has 2 aliphatic rings. The number of anilines is 1. The van der Waals surface area contributed by atoms with E-state index in [1.165, 1.54) is 5.56 Å². The van der Waals surface area contributed by atoms with E-state index in [1.807, 2.05) is 50.8 Å². The summed E-state index contributed by atoms with van der Waals surface area (Å²) in [5.74, 6) is 1.06. The quantitative estimate of drug-likeness (QED) is 0.637. The predicted molar refractivity (Wildman–Crippen MR) is 121 cm³/mol. The number of carbonyl (C=O) groups is 2. The number of aromatic nitrogens is 2. The van der Waals surface area contributed by atoms with Crippen LogP contribution >= 0.6 is 0 Å². The van der Waals surface area contributed by atoms with Gasteiger partial charge in [-0.2, -0.15) is 0 Å². The van der Waals surface area contributed by atoms with Crippen LogP contribution in [0.4, 0.5) is 5.69 Å². The van der Waals surface area contributed by atoms with Crippen molar-refractivity contribution < 1.29 is 9.59 Å². The van der Waals surface area contributed by atoms with Gasteiger partial charge < -0.3 is 14.4 Å². The molecule has 0 radical (unpaired) electrons. The first-order valence-corrected chi connectivity index (χ1v) is 11.3. The lowest BCUT2D eigenvalue weighted by Gasteiger charge is -2.19. The maximum atomic E-state index is 12.9. The lowest BCUT2D eigenvalue weighted by molar-refractivity contribution is -0.130. The molecule has 0 aliphatic carbocycles. The van der Waals surface area contributed by atoms with E-state index < -0.39 is 0 Å². The Morgan fingerprint density at radius 1 is 1.06 bits per heavy atom. The second-order valence-electron chi connectivity index (χ2n) is 8.56. The van der Waals surface area contributed by atoms with Gasteiger partial charge in [0.2, 0.25) is 11.8 Å².